The molecule has 0 aromatic heterocycles. The highest BCUT2D eigenvalue weighted by molar-refractivity contribution is 9.10. The van der Waals surface area contributed by atoms with Gasteiger partial charge in [0.2, 0.25) is 0 Å². The van der Waals surface area contributed by atoms with Gasteiger partial charge in [-0.2, -0.15) is 0 Å². The number of carbonyl (C=O) groups excluding carboxylic acids is 1. The second-order valence-corrected chi connectivity index (χ2v) is 4.45. The molecule has 0 radical (unpaired) electrons. The Morgan fingerprint density at radius 2 is 2.25 bits per heavy atom. The summed E-state index contributed by atoms with van der Waals surface area (Å²) in [7, 11) is 1.40. The van der Waals surface area contributed by atoms with Gasteiger partial charge in [-0.3, -0.25) is 0 Å². The number of rotatable bonds is 4. The van der Waals surface area contributed by atoms with E-state index < -0.39 is 0 Å². The molecule has 0 heterocycles. The molecule has 0 saturated heterocycles. The molecule has 1 N–H and O–H groups in total. The highest BCUT2D eigenvalue weighted by Crippen LogP contribution is 2.21. The van der Waals surface area contributed by atoms with Crippen molar-refractivity contribution in [2.75, 3.05) is 12.4 Å². The molecule has 4 heteroatoms. The Labute approximate surface area is 104 Å². The zero-order valence-electron chi connectivity index (χ0n) is 9.71. The molecule has 1 aromatic carbocycles. The molecule has 16 heavy (non-hydrogen) atoms. The van der Waals surface area contributed by atoms with Crippen LogP contribution in [0.1, 0.15) is 18.9 Å². The van der Waals surface area contributed by atoms with Crippen LogP contribution in [-0.2, 0) is 9.53 Å². The van der Waals surface area contributed by atoms with Crippen molar-refractivity contribution >= 4 is 27.6 Å². The monoisotopic (exact) mass is 285 g/mol. The molecule has 1 rings (SSSR count). The number of carbonyl (C=O) groups is 1. The van der Waals surface area contributed by atoms with Crippen molar-refractivity contribution in [3.8, 4) is 0 Å². The molecule has 0 spiro atoms. The second kappa shape index (κ2) is 5.89. The second-order valence-electron chi connectivity index (χ2n) is 3.59. The summed E-state index contributed by atoms with van der Waals surface area (Å²) in [5.74, 6) is -0.237. The van der Waals surface area contributed by atoms with Crippen molar-refractivity contribution in [2.24, 2.45) is 0 Å². The first-order valence-corrected chi connectivity index (χ1v) is 5.98. The minimum Gasteiger partial charge on any atom is -0.467 e. The van der Waals surface area contributed by atoms with Crippen LogP contribution in [-0.4, -0.2) is 19.1 Å². The molecule has 0 amide bonds. The molecule has 0 saturated carbocycles. The number of hydrogen-bond acceptors (Lipinski definition) is 3. The van der Waals surface area contributed by atoms with Gasteiger partial charge in [0.05, 0.1) is 7.11 Å². The molecule has 0 aliphatic carbocycles. The van der Waals surface area contributed by atoms with E-state index in [2.05, 4.69) is 21.2 Å². The molecule has 0 aliphatic rings. The van der Waals surface area contributed by atoms with Crippen LogP contribution in [0.5, 0.6) is 0 Å². The van der Waals surface area contributed by atoms with Crippen LogP contribution in [0.3, 0.4) is 0 Å². The number of ether oxygens (including phenoxy) is 1. The quantitative estimate of drug-likeness (QED) is 0.864. The van der Waals surface area contributed by atoms with Gasteiger partial charge in [0.1, 0.15) is 6.04 Å². The van der Waals surface area contributed by atoms with Crippen molar-refractivity contribution in [3.05, 3.63) is 28.2 Å². The van der Waals surface area contributed by atoms with E-state index in [4.69, 9.17) is 4.74 Å². The fourth-order valence-electron chi connectivity index (χ4n) is 1.35. The summed E-state index contributed by atoms with van der Waals surface area (Å²) >= 11 is 3.46. The Kier molecular flexibility index (Phi) is 4.80. The smallest absolute Gasteiger partial charge is 0.328 e. The molecular formula is C12H16BrNO2. The van der Waals surface area contributed by atoms with Gasteiger partial charge < -0.3 is 10.1 Å². The molecule has 1 aromatic rings. The summed E-state index contributed by atoms with van der Waals surface area (Å²) in [6, 6.07) is 5.61. The predicted molar refractivity (Wildman–Crippen MR) is 68.6 cm³/mol. The Balaban J connectivity index is 2.78. The van der Waals surface area contributed by atoms with E-state index in [9.17, 15) is 4.79 Å². The number of benzene rings is 1. The maximum atomic E-state index is 11.4. The van der Waals surface area contributed by atoms with Gasteiger partial charge in [0, 0.05) is 10.2 Å². The van der Waals surface area contributed by atoms with Crippen LogP contribution in [0.2, 0.25) is 0 Å². The first kappa shape index (κ1) is 13.0. The Morgan fingerprint density at radius 1 is 1.56 bits per heavy atom. The van der Waals surface area contributed by atoms with Crippen molar-refractivity contribution < 1.29 is 9.53 Å². The average Bonchev–Trinajstić information content (AvgIpc) is 2.29. The SMILES string of the molecule is CCC(Nc1ccc(C)c(Br)c1)C(=O)OC. The van der Waals surface area contributed by atoms with E-state index in [0.29, 0.717) is 6.42 Å². The van der Waals surface area contributed by atoms with Gasteiger partial charge in [-0.25, -0.2) is 4.79 Å². The largest absolute Gasteiger partial charge is 0.467 e. The predicted octanol–water partition coefficient (Wildman–Crippen LogP) is 3.12. The summed E-state index contributed by atoms with van der Waals surface area (Å²) in [5, 5.41) is 3.14. The van der Waals surface area contributed by atoms with E-state index in [0.717, 1.165) is 15.7 Å². The maximum absolute atomic E-state index is 11.4. The molecule has 88 valence electrons. The number of methoxy groups -OCH3 is 1. The number of nitrogens with one attached hydrogen (secondary N) is 1. The summed E-state index contributed by atoms with van der Waals surface area (Å²) in [6.45, 7) is 3.96. The van der Waals surface area contributed by atoms with Crippen LogP contribution < -0.4 is 5.32 Å². The fourth-order valence-corrected chi connectivity index (χ4v) is 1.73. The standard InChI is InChI=1S/C12H16BrNO2/c1-4-11(12(15)16-3)14-9-6-5-8(2)10(13)7-9/h5-7,11,14H,4H2,1-3H3. The Morgan fingerprint density at radius 3 is 2.75 bits per heavy atom. The number of halogens is 1. The first-order valence-electron chi connectivity index (χ1n) is 5.19. The highest BCUT2D eigenvalue weighted by atomic mass is 79.9. The van der Waals surface area contributed by atoms with E-state index >= 15 is 0 Å². The lowest BCUT2D eigenvalue weighted by molar-refractivity contribution is -0.141. The third-order valence-corrected chi connectivity index (χ3v) is 3.26. The van der Waals surface area contributed by atoms with Gasteiger partial charge in [-0.05, 0) is 31.0 Å². The number of aryl methyl sites for hydroxylation is 1. The zero-order chi connectivity index (χ0) is 12.1. The zero-order valence-corrected chi connectivity index (χ0v) is 11.3. The maximum Gasteiger partial charge on any atom is 0.328 e. The van der Waals surface area contributed by atoms with E-state index in [-0.39, 0.29) is 12.0 Å². The van der Waals surface area contributed by atoms with E-state index in [1.54, 1.807) is 0 Å². The number of hydrogen-bond donors (Lipinski definition) is 1. The molecule has 0 aliphatic heterocycles. The van der Waals surface area contributed by atoms with Crippen molar-refractivity contribution in [2.45, 2.75) is 26.3 Å². The van der Waals surface area contributed by atoms with Crippen molar-refractivity contribution in [1.82, 2.24) is 0 Å². The lowest BCUT2D eigenvalue weighted by Crippen LogP contribution is -2.29. The molecule has 1 atom stereocenters. The van der Waals surface area contributed by atoms with Crippen LogP contribution in [0.4, 0.5) is 5.69 Å². The Hall–Kier alpha value is -1.03. The van der Waals surface area contributed by atoms with Gasteiger partial charge >= 0.3 is 5.97 Å². The molecule has 0 fully saturated rings. The van der Waals surface area contributed by atoms with Crippen LogP contribution >= 0.6 is 15.9 Å². The topological polar surface area (TPSA) is 38.3 Å². The third kappa shape index (κ3) is 3.23. The molecular weight excluding hydrogens is 270 g/mol. The lowest BCUT2D eigenvalue weighted by Gasteiger charge is -2.16. The van der Waals surface area contributed by atoms with Gasteiger partial charge in [0.15, 0.2) is 0 Å². The summed E-state index contributed by atoms with van der Waals surface area (Å²) in [6.07, 6.45) is 0.693. The normalized spacial score (nSPS) is 12.0. The summed E-state index contributed by atoms with van der Waals surface area (Å²) < 4.78 is 5.74. The van der Waals surface area contributed by atoms with Gasteiger partial charge in [-0.1, -0.05) is 28.9 Å². The summed E-state index contributed by atoms with van der Waals surface area (Å²) in [5.41, 5.74) is 2.08. The van der Waals surface area contributed by atoms with Crippen molar-refractivity contribution in [1.29, 1.82) is 0 Å². The molecule has 0 bridgehead atoms. The lowest BCUT2D eigenvalue weighted by atomic mass is 10.2. The highest BCUT2D eigenvalue weighted by Gasteiger charge is 2.16. The van der Waals surface area contributed by atoms with Gasteiger partial charge in [0.25, 0.3) is 0 Å². The molecule has 3 nitrogen and oxygen atoms in total. The van der Waals surface area contributed by atoms with E-state index in [1.807, 2.05) is 32.0 Å². The third-order valence-electron chi connectivity index (χ3n) is 2.41. The van der Waals surface area contributed by atoms with Crippen LogP contribution in [0, 0.1) is 6.92 Å². The van der Waals surface area contributed by atoms with Crippen LogP contribution in [0.15, 0.2) is 22.7 Å². The van der Waals surface area contributed by atoms with Crippen molar-refractivity contribution in [3.63, 3.8) is 0 Å². The fraction of sp³-hybridized carbons (Fsp3) is 0.417. The average molecular weight is 286 g/mol. The summed E-state index contributed by atoms with van der Waals surface area (Å²) in [4.78, 5) is 11.4. The molecule has 1 unspecified atom stereocenters. The minimum atomic E-state index is -0.292. The van der Waals surface area contributed by atoms with Crippen LogP contribution in [0.25, 0.3) is 0 Å². The minimum absolute atomic E-state index is 0.237. The first-order chi connectivity index (χ1) is 7.58. The Bertz CT molecular complexity index is 379. The van der Waals surface area contributed by atoms with E-state index in [1.165, 1.54) is 7.11 Å². The number of esters is 1. The van der Waals surface area contributed by atoms with Gasteiger partial charge in [-0.15, -0.1) is 0 Å². The number of anilines is 1.